The number of hydrogen-bond donors (Lipinski definition) is 3. The molecule has 0 heterocycles. The summed E-state index contributed by atoms with van der Waals surface area (Å²) in [5.41, 5.74) is 6.40. The summed E-state index contributed by atoms with van der Waals surface area (Å²) in [4.78, 5) is 0. The largest absolute Gasteiger partial charge is 0.409 e. The van der Waals surface area contributed by atoms with Gasteiger partial charge in [-0.2, -0.15) is 0 Å². The summed E-state index contributed by atoms with van der Waals surface area (Å²) >= 11 is 3.39. The first-order chi connectivity index (χ1) is 7.22. The van der Waals surface area contributed by atoms with E-state index in [-0.39, 0.29) is 5.84 Å². The Kier molecular flexibility index (Phi) is 4.97. The third kappa shape index (κ3) is 4.69. The third-order valence-electron chi connectivity index (χ3n) is 1.89. The summed E-state index contributed by atoms with van der Waals surface area (Å²) < 4.78 is 1.05. The Labute approximate surface area is 97.3 Å². The van der Waals surface area contributed by atoms with E-state index in [9.17, 15) is 0 Å². The molecule has 0 aliphatic rings. The van der Waals surface area contributed by atoms with Gasteiger partial charge in [-0.15, -0.1) is 0 Å². The zero-order chi connectivity index (χ0) is 11.1. The maximum absolute atomic E-state index is 8.32. The zero-order valence-corrected chi connectivity index (χ0v) is 9.87. The van der Waals surface area contributed by atoms with Crippen molar-refractivity contribution >= 4 is 27.5 Å². The Bertz CT molecular complexity index is 341. The van der Waals surface area contributed by atoms with Crippen LogP contribution in [0, 0.1) is 0 Å². The standard InChI is InChI=1S/C10H14BrN3O/c11-8-3-1-4-9(7-8)13-6-2-5-10(12)14-15/h1,3-4,7,13,15H,2,5-6H2,(H2,12,14). The maximum Gasteiger partial charge on any atom is 0.139 e. The normalized spacial score (nSPS) is 11.4. The number of rotatable bonds is 5. The van der Waals surface area contributed by atoms with Gasteiger partial charge >= 0.3 is 0 Å². The fourth-order valence-corrected chi connectivity index (χ4v) is 1.55. The van der Waals surface area contributed by atoms with E-state index < -0.39 is 0 Å². The summed E-state index contributed by atoms with van der Waals surface area (Å²) in [6.45, 7) is 0.798. The molecule has 0 aliphatic carbocycles. The molecule has 0 saturated carbocycles. The highest BCUT2D eigenvalue weighted by atomic mass is 79.9. The number of anilines is 1. The molecule has 4 N–H and O–H groups in total. The summed E-state index contributed by atoms with van der Waals surface area (Å²) in [7, 11) is 0. The quantitative estimate of drug-likeness (QED) is 0.253. The van der Waals surface area contributed by atoms with E-state index in [1.165, 1.54) is 0 Å². The second kappa shape index (κ2) is 6.29. The van der Waals surface area contributed by atoms with Crippen molar-refractivity contribution in [2.24, 2.45) is 10.9 Å². The van der Waals surface area contributed by atoms with Gasteiger partial charge in [0.05, 0.1) is 0 Å². The fourth-order valence-electron chi connectivity index (χ4n) is 1.15. The van der Waals surface area contributed by atoms with Crippen molar-refractivity contribution in [2.45, 2.75) is 12.8 Å². The minimum absolute atomic E-state index is 0.269. The van der Waals surface area contributed by atoms with Gasteiger partial charge in [0, 0.05) is 23.1 Å². The number of halogens is 1. The van der Waals surface area contributed by atoms with Gasteiger partial charge in [0.15, 0.2) is 0 Å². The van der Waals surface area contributed by atoms with Crippen LogP contribution in [0.1, 0.15) is 12.8 Å². The SMILES string of the molecule is NC(CCCNc1cccc(Br)c1)=NO. The van der Waals surface area contributed by atoms with Crippen molar-refractivity contribution in [1.29, 1.82) is 0 Å². The molecule has 15 heavy (non-hydrogen) atoms. The van der Waals surface area contributed by atoms with Crippen LogP contribution in [-0.4, -0.2) is 17.6 Å². The van der Waals surface area contributed by atoms with Crippen LogP contribution in [-0.2, 0) is 0 Å². The first-order valence-electron chi connectivity index (χ1n) is 4.68. The lowest BCUT2D eigenvalue weighted by atomic mass is 10.2. The summed E-state index contributed by atoms with van der Waals surface area (Å²) in [6, 6.07) is 7.94. The molecule has 0 aromatic heterocycles. The number of nitrogens with two attached hydrogens (primary N) is 1. The molecular formula is C10H14BrN3O. The van der Waals surface area contributed by atoms with E-state index in [2.05, 4.69) is 26.4 Å². The Balaban J connectivity index is 2.26. The summed E-state index contributed by atoms with van der Waals surface area (Å²) in [6.07, 6.45) is 1.43. The van der Waals surface area contributed by atoms with Crippen LogP contribution in [0.15, 0.2) is 33.9 Å². The van der Waals surface area contributed by atoms with Gasteiger partial charge in [0.1, 0.15) is 5.84 Å². The van der Waals surface area contributed by atoms with Gasteiger partial charge < -0.3 is 16.3 Å². The molecule has 0 atom stereocenters. The van der Waals surface area contributed by atoms with Crippen LogP contribution >= 0.6 is 15.9 Å². The Hall–Kier alpha value is -1.23. The molecule has 1 rings (SSSR count). The topological polar surface area (TPSA) is 70.6 Å². The smallest absolute Gasteiger partial charge is 0.139 e. The number of oxime groups is 1. The molecule has 0 radical (unpaired) electrons. The van der Waals surface area contributed by atoms with E-state index in [1.807, 2.05) is 24.3 Å². The van der Waals surface area contributed by atoms with Crippen LogP contribution in [0.4, 0.5) is 5.69 Å². The van der Waals surface area contributed by atoms with Gasteiger partial charge in [-0.3, -0.25) is 0 Å². The van der Waals surface area contributed by atoms with E-state index in [1.54, 1.807) is 0 Å². The molecule has 0 spiro atoms. The molecule has 0 aliphatic heterocycles. The number of nitrogens with zero attached hydrogens (tertiary/aromatic N) is 1. The van der Waals surface area contributed by atoms with Gasteiger partial charge in [-0.25, -0.2) is 0 Å². The van der Waals surface area contributed by atoms with Gasteiger partial charge in [0.25, 0.3) is 0 Å². The highest BCUT2D eigenvalue weighted by molar-refractivity contribution is 9.10. The van der Waals surface area contributed by atoms with E-state index in [4.69, 9.17) is 10.9 Å². The van der Waals surface area contributed by atoms with Crippen LogP contribution in [0.3, 0.4) is 0 Å². The van der Waals surface area contributed by atoms with Crippen molar-refractivity contribution in [3.63, 3.8) is 0 Å². The predicted molar refractivity (Wildman–Crippen MR) is 65.3 cm³/mol. The van der Waals surface area contributed by atoms with E-state index in [0.29, 0.717) is 6.42 Å². The number of hydrogen-bond acceptors (Lipinski definition) is 3. The Morgan fingerprint density at radius 3 is 3.00 bits per heavy atom. The molecule has 0 unspecified atom stereocenters. The zero-order valence-electron chi connectivity index (χ0n) is 8.28. The van der Waals surface area contributed by atoms with Gasteiger partial charge in [-0.05, 0) is 24.6 Å². The highest BCUT2D eigenvalue weighted by Gasteiger charge is 1.95. The monoisotopic (exact) mass is 271 g/mol. The molecule has 1 aromatic rings. The number of amidine groups is 1. The molecule has 5 heteroatoms. The van der Waals surface area contributed by atoms with Crippen LogP contribution < -0.4 is 11.1 Å². The molecular weight excluding hydrogens is 258 g/mol. The average Bonchev–Trinajstić information content (AvgIpc) is 2.24. The lowest BCUT2D eigenvalue weighted by Crippen LogP contribution is -2.13. The molecule has 0 fully saturated rings. The van der Waals surface area contributed by atoms with E-state index >= 15 is 0 Å². The molecule has 0 saturated heterocycles. The lowest BCUT2D eigenvalue weighted by Gasteiger charge is -2.05. The minimum Gasteiger partial charge on any atom is -0.409 e. The van der Waals surface area contributed by atoms with Crippen molar-refractivity contribution in [3.05, 3.63) is 28.7 Å². The molecule has 1 aromatic carbocycles. The maximum atomic E-state index is 8.32. The third-order valence-corrected chi connectivity index (χ3v) is 2.39. The van der Waals surface area contributed by atoms with Gasteiger partial charge in [-0.1, -0.05) is 27.2 Å². The molecule has 4 nitrogen and oxygen atoms in total. The first-order valence-corrected chi connectivity index (χ1v) is 5.47. The Morgan fingerprint density at radius 1 is 1.53 bits per heavy atom. The fraction of sp³-hybridized carbons (Fsp3) is 0.300. The average molecular weight is 272 g/mol. The summed E-state index contributed by atoms with van der Waals surface area (Å²) in [5.74, 6) is 0.269. The second-order valence-electron chi connectivity index (χ2n) is 3.13. The van der Waals surface area contributed by atoms with Crippen LogP contribution in [0.5, 0.6) is 0 Å². The highest BCUT2D eigenvalue weighted by Crippen LogP contribution is 2.15. The van der Waals surface area contributed by atoms with E-state index in [0.717, 1.165) is 23.1 Å². The lowest BCUT2D eigenvalue weighted by molar-refractivity contribution is 0.316. The Morgan fingerprint density at radius 2 is 2.33 bits per heavy atom. The van der Waals surface area contributed by atoms with Crippen molar-refractivity contribution in [1.82, 2.24) is 0 Å². The first kappa shape index (κ1) is 11.8. The van der Waals surface area contributed by atoms with Crippen LogP contribution in [0.25, 0.3) is 0 Å². The molecule has 0 amide bonds. The second-order valence-corrected chi connectivity index (χ2v) is 4.05. The number of nitrogens with one attached hydrogen (secondary N) is 1. The molecule has 0 bridgehead atoms. The van der Waals surface area contributed by atoms with Crippen molar-refractivity contribution in [3.8, 4) is 0 Å². The predicted octanol–water partition coefficient (Wildman–Crippen LogP) is 2.39. The molecule has 82 valence electrons. The van der Waals surface area contributed by atoms with Crippen LogP contribution in [0.2, 0.25) is 0 Å². The van der Waals surface area contributed by atoms with Crippen molar-refractivity contribution < 1.29 is 5.21 Å². The van der Waals surface area contributed by atoms with Gasteiger partial charge in [0.2, 0.25) is 0 Å². The summed E-state index contributed by atoms with van der Waals surface area (Å²) in [5, 5.41) is 14.5. The number of benzene rings is 1. The minimum atomic E-state index is 0.269. The van der Waals surface area contributed by atoms with Crippen molar-refractivity contribution in [2.75, 3.05) is 11.9 Å².